The van der Waals surface area contributed by atoms with Gasteiger partial charge >= 0.3 is 5.97 Å². The Morgan fingerprint density at radius 3 is 2.84 bits per heavy atom. The topological polar surface area (TPSA) is 79.2 Å². The maximum Gasteiger partial charge on any atom is 0.320 e. The largest absolute Gasteiger partial charge is 0.465 e. The molecule has 5 nitrogen and oxygen atoms in total. The van der Waals surface area contributed by atoms with Crippen molar-refractivity contribution < 1.29 is 14.3 Å². The van der Waals surface area contributed by atoms with Crippen LogP contribution in [0, 0.1) is 11.3 Å². The number of nitriles is 1. The van der Waals surface area contributed by atoms with Gasteiger partial charge in [0, 0.05) is 12.1 Å². The van der Waals surface area contributed by atoms with Gasteiger partial charge in [-0.2, -0.15) is 5.26 Å². The second-order valence-electron chi connectivity index (χ2n) is 3.85. The highest BCUT2D eigenvalue weighted by Crippen LogP contribution is 2.20. The molecule has 0 saturated heterocycles. The van der Waals surface area contributed by atoms with Crippen LogP contribution in [0.15, 0.2) is 24.3 Å². The molecule has 100 valence electrons. The van der Waals surface area contributed by atoms with E-state index in [1.54, 1.807) is 13.0 Å². The summed E-state index contributed by atoms with van der Waals surface area (Å²) in [5.41, 5.74) is 2.22. The van der Waals surface area contributed by atoms with Crippen LogP contribution in [-0.2, 0) is 20.7 Å². The third kappa shape index (κ3) is 5.21. The van der Waals surface area contributed by atoms with Crippen molar-refractivity contribution in [2.75, 3.05) is 11.9 Å². The molecule has 5 heteroatoms. The molecule has 0 saturated carbocycles. The van der Waals surface area contributed by atoms with Gasteiger partial charge in [0.25, 0.3) is 0 Å². The molecule has 0 aliphatic carbocycles. The van der Waals surface area contributed by atoms with Gasteiger partial charge in [-0.1, -0.05) is 18.2 Å². The van der Waals surface area contributed by atoms with Crippen molar-refractivity contribution in [1.29, 1.82) is 5.26 Å². The van der Waals surface area contributed by atoms with Crippen LogP contribution >= 0.6 is 0 Å². The summed E-state index contributed by atoms with van der Waals surface area (Å²) in [4.78, 5) is 21.1. The summed E-state index contributed by atoms with van der Waals surface area (Å²) in [6.07, 6.45) is 1.35. The molecule has 2 rings (SSSR count). The minimum atomic E-state index is -0.449. The zero-order valence-electron chi connectivity index (χ0n) is 10.8. The molecule has 1 N–H and O–H groups in total. The number of fused-ring (bicyclic) bond motifs is 1. The van der Waals surface area contributed by atoms with Crippen LogP contribution < -0.4 is 5.32 Å². The van der Waals surface area contributed by atoms with Crippen LogP contribution in [0.25, 0.3) is 0 Å². The van der Waals surface area contributed by atoms with E-state index >= 15 is 0 Å². The number of amides is 1. The quantitative estimate of drug-likeness (QED) is 0.825. The monoisotopic (exact) mass is 260 g/mol. The molecule has 19 heavy (non-hydrogen) atoms. The Hall–Kier alpha value is -2.35. The third-order valence-corrected chi connectivity index (χ3v) is 2.44. The van der Waals surface area contributed by atoms with Crippen molar-refractivity contribution >= 4 is 17.6 Å². The highest BCUT2D eigenvalue weighted by atomic mass is 16.5. The normalized spacial score (nSPS) is 12.1. The van der Waals surface area contributed by atoms with E-state index in [-0.39, 0.29) is 12.3 Å². The number of nitrogens with one attached hydrogen (secondary N) is 1. The molecule has 0 spiro atoms. The van der Waals surface area contributed by atoms with E-state index in [4.69, 9.17) is 5.26 Å². The molecule has 1 aromatic rings. The van der Waals surface area contributed by atoms with Gasteiger partial charge in [0.2, 0.25) is 5.91 Å². The molecular weight excluding hydrogens is 244 g/mol. The lowest BCUT2D eigenvalue weighted by atomic mass is 10.0. The van der Waals surface area contributed by atoms with Crippen LogP contribution in [0.2, 0.25) is 0 Å². The summed E-state index contributed by atoms with van der Waals surface area (Å²) in [5, 5.41) is 10.7. The van der Waals surface area contributed by atoms with E-state index in [9.17, 15) is 9.59 Å². The number of esters is 1. The van der Waals surface area contributed by atoms with Crippen LogP contribution in [-0.4, -0.2) is 18.5 Å². The molecule has 0 bridgehead atoms. The smallest absolute Gasteiger partial charge is 0.320 e. The number of benzene rings is 1. The maximum atomic E-state index is 10.9. The summed E-state index contributed by atoms with van der Waals surface area (Å²) >= 11 is 0. The molecule has 1 aliphatic rings. The lowest BCUT2D eigenvalue weighted by molar-refractivity contribution is -0.141. The second kappa shape index (κ2) is 7.88. The first-order valence-electron chi connectivity index (χ1n) is 6.07. The number of carbonyl (C=O) groups is 2. The molecule has 1 amide bonds. The van der Waals surface area contributed by atoms with Crippen LogP contribution in [0.4, 0.5) is 5.69 Å². The Bertz CT molecular complexity index is 492. The standard InChI is InChI=1S/C9H9NO.C5H7NO2/c11-9-6-5-7-3-1-2-4-8(7)10-9;1-2-8-5(7)3-4-6/h1-4H,5-6H2,(H,10,11);2-3H2,1H3. The number of aryl methyl sites for hydroxylation is 1. The number of hydrogen-bond donors (Lipinski definition) is 1. The molecular formula is C14H16N2O3. The third-order valence-electron chi connectivity index (χ3n) is 2.44. The molecule has 1 aromatic carbocycles. The van der Waals surface area contributed by atoms with Gasteiger partial charge in [0.1, 0.15) is 6.42 Å². The second-order valence-corrected chi connectivity index (χ2v) is 3.85. The fourth-order valence-corrected chi connectivity index (χ4v) is 1.60. The van der Waals surface area contributed by atoms with Crippen molar-refractivity contribution in [1.82, 2.24) is 0 Å². The van der Waals surface area contributed by atoms with Gasteiger partial charge in [0.15, 0.2) is 0 Å². The van der Waals surface area contributed by atoms with Crippen LogP contribution in [0.3, 0.4) is 0 Å². The highest BCUT2D eigenvalue weighted by molar-refractivity contribution is 5.93. The number of para-hydroxylation sites is 1. The molecule has 0 atom stereocenters. The van der Waals surface area contributed by atoms with Gasteiger partial charge in [0.05, 0.1) is 12.7 Å². The van der Waals surface area contributed by atoms with E-state index in [0.29, 0.717) is 13.0 Å². The SMILES string of the molecule is CCOC(=O)CC#N.O=C1CCc2ccccc2N1. The fourth-order valence-electron chi connectivity index (χ4n) is 1.60. The Kier molecular flexibility index (Phi) is 6.10. The molecule has 1 heterocycles. The minimum Gasteiger partial charge on any atom is -0.465 e. The summed E-state index contributed by atoms with van der Waals surface area (Å²) < 4.78 is 4.42. The zero-order valence-corrected chi connectivity index (χ0v) is 10.8. The summed E-state index contributed by atoms with van der Waals surface area (Å²) in [7, 11) is 0. The number of nitrogens with zero attached hydrogens (tertiary/aromatic N) is 1. The van der Waals surface area contributed by atoms with Gasteiger partial charge in [-0.25, -0.2) is 0 Å². The van der Waals surface area contributed by atoms with Gasteiger partial charge in [-0.05, 0) is 25.0 Å². The van der Waals surface area contributed by atoms with Crippen LogP contribution in [0.5, 0.6) is 0 Å². The molecule has 1 aliphatic heterocycles. The van der Waals surface area contributed by atoms with Gasteiger partial charge in [-0.15, -0.1) is 0 Å². The fraction of sp³-hybridized carbons (Fsp3) is 0.357. The van der Waals surface area contributed by atoms with Crippen molar-refractivity contribution in [3.8, 4) is 6.07 Å². The minimum absolute atomic E-state index is 0.128. The number of ether oxygens (including phenoxy) is 1. The van der Waals surface area contributed by atoms with E-state index in [2.05, 4.69) is 16.1 Å². The first-order valence-corrected chi connectivity index (χ1v) is 6.07. The Morgan fingerprint density at radius 1 is 1.42 bits per heavy atom. The van der Waals surface area contributed by atoms with Crippen LogP contribution in [0.1, 0.15) is 25.3 Å². The molecule has 0 radical (unpaired) electrons. The molecule has 0 unspecified atom stereocenters. The molecule has 0 aromatic heterocycles. The predicted molar refractivity (Wildman–Crippen MR) is 70.3 cm³/mol. The first kappa shape index (κ1) is 14.7. The number of rotatable bonds is 2. The first-order chi connectivity index (χ1) is 9.17. The lowest BCUT2D eigenvalue weighted by Crippen LogP contribution is -2.18. The van der Waals surface area contributed by atoms with E-state index in [0.717, 1.165) is 12.1 Å². The van der Waals surface area contributed by atoms with Crippen molar-refractivity contribution in [3.05, 3.63) is 29.8 Å². The Labute approximate surface area is 112 Å². The zero-order chi connectivity index (χ0) is 14.1. The molecule has 0 fully saturated rings. The Morgan fingerprint density at radius 2 is 2.16 bits per heavy atom. The van der Waals surface area contributed by atoms with Gasteiger partial charge in [-0.3, -0.25) is 9.59 Å². The summed E-state index contributed by atoms with van der Waals surface area (Å²) in [6, 6.07) is 9.60. The van der Waals surface area contributed by atoms with Crippen molar-refractivity contribution in [3.63, 3.8) is 0 Å². The average molecular weight is 260 g/mol. The predicted octanol–water partition coefficient (Wildman–Crippen LogP) is 2.03. The van der Waals surface area contributed by atoms with Gasteiger partial charge < -0.3 is 10.1 Å². The summed E-state index contributed by atoms with van der Waals surface area (Å²) in [6.45, 7) is 2.05. The van der Waals surface area contributed by atoms with Crippen molar-refractivity contribution in [2.45, 2.75) is 26.2 Å². The van der Waals surface area contributed by atoms with E-state index in [1.165, 1.54) is 5.56 Å². The maximum absolute atomic E-state index is 10.9. The van der Waals surface area contributed by atoms with Crippen molar-refractivity contribution in [2.24, 2.45) is 0 Å². The van der Waals surface area contributed by atoms with E-state index in [1.807, 2.05) is 18.2 Å². The number of anilines is 1. The summed E-state index contributed by atoms with van der Waals surface area (Å²) in [5.74, 6) is -0.321. The number of hydrogen-bond acceptors (Lipinski definition) is 4. The lowest BCUT2D eigenvalue weighted by Gasteiger charge is -2.15. The van der Waals surface area contributed by atoms with E-state index < -0.39 is 5.97 Å². The number of carbonyl (C=O) groups excluding carboxylic acids is 2. The Balaban J connectivity index is 0.000000203. The highest BCUT2D eigenvalue weighted by Gasteiger charge is 2.12. The average Bonchev–Trinajstić information content (AvgIpc) is 2.40.